The molecule has 0 atom stereocenters. The third kappa shape index (κ3) is 2.03. The summed E-state index contributed by atoms with van der Waals surface area (Å²) in [5.74, 6) is 0. The van der Waals surface area contributed by atoms with E-state index in [9.17, 15) is 0 Å². The average molecular weight is 127 g/mol. The van der Waals surface area contributed by atoms with Gasteiger partial charge in [-0.15, -0.1) is 0 Å². The highest BCUT2D eigenvalue weighted by Crippen LogP contribution is 2.24. The van der Waals surface area contributed by atoms with Gasteiger partial charge in [-0.1, -0.05) is 13.8 Å². The quantitative estimate of drug-likeness (QED) is 0.495. The van der Waals surface area contributed by atoms with E-state index >= 15 is 0 Å². The lowest BCUT2D eigenvalue weighted by atomic mass is 9.91. The molecule has 1 rings (SSSR count). The molecule has 0 aliphatic carbocycles. The number of hydrogen-bond acceptors (Lipinski definition) is 2. The SMILES string of the molecule is CC.CC1(C#N)COC1. The summed E-state index contributed by atoms with van der Waals surface area (Å²) in [6, 6.07) is 2.15. The Bertz CT molecular complexity index is 111. The van der Waals surface area contributed by atoms with Gasteiger partial charge in [0, 0.05) is 0 Å². The topological polar surface area (TPSA) is 33.0 Å². The number of nitriles is 1. The Morgan fingerprint density at radius 2 is 1.89 bits per heavy atom. The first-order valence-electron chi connectivity index (χ1n) is 3.26. The lowest BCUT2D eigenvalue weighted by molar-refractivity contribution is -0.0659. The molecule has 0 aromatic rings. The highest BCUT2D eigenvalue weighted by Gasteiger charge is 2.32. The average Bonchev–Trinajstić information content (AvgIpc) is 1.88. The Morgan fingerprint density at radius 3 is 1.89 bits per heavy atom. The highest BCUT2D eigenvalue weighted by atomic mass is 16.5. The van der Waals surface area contributed by atoms with E-state index in [1.807, 2.05) is 20.8 Å². The molecule has 0 saturated carbocycles. The van der Waals surface area contributed by atoms with Crippen molar-refractivity contribution in [3.05, 3.63) is 0 Å². The molecule has 0 bridgehead atoms. The van der Waals surface area contributed by atoms with E-state index in [1.165, 1.54) is 0 Å². The Kier molecular flexibility index (Phi) is 3.26. The molecule has 0 N–H and O–H groups in total. The summed E-state index contributed by atoms with van der Waals surface area (Å²) < 4.78 is 4.81. The molecule has 0 spiro atoms. The van der Waals surface area contributed by atoms with Crippen LogP contribution >= 0.6 is 0 Å². The van der Waals surface area contributed by atoms with Crippen molar-refractivity contribution in [3.8, 4) is 6.07 Å². The van der Waals surface area contributed by atoms with Crippen molar-refractivity contribution >= 4 is 0 Å². The third-order valence-electron chi connectivity index (χ3n) is 1.11. The fraction of sp³-hybridized carbons (Fsp3) is 0.857. The van der Waals surface area contributed by atoms with Gasteiger partial charge < -0.3 is 4.74 Å². The zero-order chi connectivity index (χ0) is 7.33. The first-order valence-corrected chi connectivity index (χ1v) is 3.26. The van der Waals surface area contributed by atoms with Gasteiger partial charge in [-0.3, -0.25) is 0 Å². The standard InChI is InChI=1S/C5H7NO.C2H6/c1-5(2-6)3-7-4-5;1-2/h3-4H2,1H3;1-2H3. The molecule has 2 heteroatoms. The van der Waals surface area contributed by atoms with E-state index in [4.69, 9.17) is 10.00 Å². The summed E-state index contributed by atoms with van der Waals surface area (Å²) >= 11 is 0. The first kappa shape index (κ1) is 8.45. The minimum absolute atomic E-state index is 0.153. The van der Waals surface area contributed by atoms with Gasteiger partial charge in [0.2, 0.25) is 0 Å². The Labute approximate surface area is 56.4 Å². The van der Waals surface area contributed by atoms with Gasteiger partial charge in [-0.05, 0) is 6.92 Å². The van der Waals surface area contributed by atoms with Gasteiger partial charge in [0.1, 0.15) is 5.41 Å². The van der Waals surface area contributed by atoms with Crippen LogP contribution in [0.4, 0.5) is 0 Å². The predicted molar refractivity (Wildman–Crippen MR) is 35.9 cm³/mol. The lowest BCUT2D eigenvalue weighted by Crippen LogP contribution is -2.37. The van der Waals surface area contributed by atoms with Crippen LogP contribution < -0.4 is 0 Å². The van der Waals surface area contributed by atoms with Crippen LogP contribution in [0.25, 0.3) is 0 Å². The minimum atomic E-state index is -0.153. The number of nitrogens with zero attached hydrogens (tertiary/aromatic N) is 1. The van der Waals surface area contributed by atoms with Crippen LogP contribution in [0.3, 0.4) is 0 Å². The molecule has 0 unspecified atom stereocenters. The van der Waals surface area contributed by atoms with Crippen molar-refractivity contribution in [2.45, 2.75) is 20.8 Å². The summed E-state index contributed by atoms with van der Waals surface area (Å²) in [7, 11) is 0. The van der Waals surface area contributed by atoms with Gasteiger partial charge in [0.25, 0.3) is 0 Å². The summed E-state index contributed by atoms with van der Waals surface area (Å²) in [6.45, 7) is 7.13. The zero-order valence-corrected chi connectivity index (χ0v) is 6.27. The second kappa shape index (κ2) is 3.47. The normalized spacial score (nSPS) is 20.2. The van der Waals surface area contributed by atoms with Crippen molar-refractivity contribution in [1.82, 2.24) is 0 Å². The van der Waals surface area contributed by atoms with Crippen molar-refractivity contribution in [2.24, 2.45) is 5.41 Å². The molecule has 1 aliphatic heterocycles. The lowest BCUT2D eigenvalue weighted by Gasteiger charge is -2.30. The minimum Gasteiger partial charge on any atom is -0.378 e. The third-order valence-corrected chi connectivity index (χ3v) is 1.11. The van der Waals surface area contributed by atoms with Crippen molar-refractivity contribution in [3.63, 3.8) is 0 Å². The Balaban J connectivity index is 0.000000291. The zero-order valence-electron chi connectivity index (χ0n) is 6.27. The smallest absolute Gasteiger partial charge is 0.101 e. The van der Waals surface area contributed by atoms with Crippen LogP contribution in [-0.4, -0.2) is 13.2 Å². The number of ether oxygens (including phenoxy) is 1. The molecule has 1 fully saturated rings. The van der Waals surface area contributed by atoms with E-state index in [1.54, 1.807) is 0 Å². The van der Waals surface area contributed by atoms with Crippen LogP contribution in [0.2, 0.25) is 0 Å². The molecule has 0 aromatic carbocycles. The van der Waals surface area contributed by atoms with Gasteiger partial charge in [0.05, 0.1) is 19.3 Å². The summed E-state index contributed by atoms with van der Waals surface area (Å²) in [6.07, 6.45) is 0. The monoisotopic (exact) mass is 127 g/mol. The van der Waals surface area contributed by atoms with Crippen LogP contribution in [0.1, 0.15) is 20.8 Å². The van der Waals surface area contributed by atoms with Crippen LogP contribution in [0, 0.1) is 16.7 Å². The molecular formula is C7H13NO. The van der Waals surface area contributed by atoms with Crippen LogP contribution in [0.5, 0.6) is 0 Å². The summed E-state index contributed by atoms with van der Waals surface area (Å²) in [4.78, 5) is 0. The van der Waals surface area contributed by atoms with Crippen LogP contribution in [-0.2, 0) is 4.74 Å². The van der Waals surface area contributed by atoms with Gasteiger partial charge >= 0.3 is 0 Å². The van der Waals surface area contributed by atoms with Gasteiger partial charge in [-0.2, -0.15) is 5.26 Å². The maximum atomic E-state index is 8.32. The molecule has 0 aromatic heterocycles. The summed E-state index contributed by atoms with van der Waals surface area (Å²) in [5, 5.41) is 8.32. The Morgan fingerprint density at radius 1 is 1.44 bits per heavy atom. The van der Waals surface area contributed by atoms with E-state index in [-0.39, 0.29) is 5.41 Å². The number of hydrogen-bond donors (Lipinski definition) is 0. The highest BCUT2D eigenvalue weighted by molar-refractivity contribution is 4.99. The van der Waals surface area contributed by atoms with E-state index in [0.29, 0.717) is 13.2 Å². The molecule has 9 heavy (non-hydrogen) atoms. The molecule has 1 heterocycles. The van der Waals surface area contributed by atoms with Gasteiger partial charge in [-0.25, -0.2) is 0 Å². The second-order valence-electron chi connectivity index (χ2n) is 2.17. The molecule has 0 amide bonds. The fourth-order valence-corrected chi connectivity index (χ4v) is 0.473. The molecule has 1 aliphatic rings. The maximum Gasteiger partial charge on any atom is 0.101 e. The molecular weight excluding hydrogens is 114 g/mol. The summed E-state index contributed by atoms with van der Waals surface area (Å²) in [5.41, 5.74) is -0.153. The van der Waals surface area contributed by atoms with Crippen molar-refractivity contribution < 1.29 is 4.74 Å². The second-order valence-corrected chi connectivity index (χ2v) is 2.17. The Hall–Kier alpha value is -0.550. The van der Waals surface area contributed by atoms with Crippen LogP contribution in [0.15, 0.2) is 0 Å². The van der Waals surface area contributed by atoms with E-state index in [0.717, 1.165) is 0 Å². The number of rotatable bonds is 0. The maximum absolute atomic E-state index is 8.32. The van der Waals surface area contributed by atoms with E-state index in [2.05, 4.69) is 6.07 Å². The molecule has 2 nitrogen and oxygen atoms in total. The van der Waals surface area contributed by atoms with Crippen molar-refractivity contribution in [2.75, 3.05) is 13.2 Å². The predicted octanol–water partition coefficient (Wildman–Crippen LogP) is 1.57. The van der Waals surface area contributed by atoms with E-state index < -0.39 is 0 Å². The molecule has 1 saturated heterocycles. The first-order chi connectivity index (χ1) is 4.27. The molecule has 52 valence electrons. The largest absolute Gasteiger partial charge is 0.378 e. The fourth-order valence-electron chi connectivity index (χ4n) is 0.473. The van der Waals surface area contributed by atoms with Gasteiger partial charge in [0.15, 0.2) is 0 Å². The van der Waals surface area contributed by atoms with Crippen molar-refractivity contribution in [1.29, 1.82) is 5.26 Å². The molecule has 0 radical (unpaired) electrons.